The van der Waals surface area contributed by atoms with Gasteiger partial charge < -0.3 is 0 Å². The summed E-state index contributed by atoms with van der Waals surface area (Å²) in [5.74, 6) is -1.59. The predicted molar refractivity (Wildman–Crippen MR) is 75.8 cm³/mol. The molecule has 0 aliphatic carbocycles. The maximum Gasteiger partial charge on any atom is 0.154 e. The first-order chi connectivity index (χ1) is 9.61. The zero-order valence-electron chi connectivity index (χ0n) is 9.12. The van der Waals surface area contributed by atoms with Gasteiger partial charge in [0.25, 0.3) is 0 Å². The molecule has 100 valence electrons. The van der Waals surface area contributed by atoms with Crippen LogP contribution in [0.15, 0.2) is 0 Å². The Labute approximate surface area is 127 Å². The third-order valence-electron chi connectivity index (χ3n) is 2.94. The molecule has 0 N–H and O–H groups in total. The molecule has 10 heteroatoms. The number of nitrogens with zero attached hydrogens (tertiary/aromatic N) is 4. The summed E-state index contributed by atoms with van der Waals surface area (Å²) in [5, 5.41) is -0.559. The van der Waals surface area contributed by atoms with Gasteiger partial charge in [-0.05, 0) is 0 Å². The van der Waals surface area contributed by atoms with Gasteiger partial charge in [0.05, 0.1) is 34.2 Å². The van der Waals surface area contributed by atoms with Crippen molar-refractivity contribution in [2.45, 2.75) is 0 Å². The van der Waals surface area contributed by atoms with E-state index in [1.807, 2.05) is 0 Å². The molecule has 4 aromatic rings. The molecule has 2 aromatic carbocycles. The van der Waals surface area contributed by atoms with Gasteiger partial charge >= 0.3 is 0 Å². The zero-order chi connectivity index (χ0) is 14.0. The molecule has 4 rings (SSSR count). The van der Waals surface area contributed by atoms with E-state index in [2.05, 4.69) is 17.5 Å². The SMILES string of the molecule is Fc1c(Cl)c2nsnc2c2c(F)c(Cl)c3nsnc3c12. The minimum Gasteiger partial charge on any atom is -0.204 e. The molecule has 0 saturated heterocycles. The molecular formula is C10Cl2F2N4S2. The predicted octanol–water partition coefficient (Wildman–Crippen LogP) is 4.43. The smallest absolute Gasteiger partial charge is 0.154 e. The van der Waals surface area contributed by atoms with Crippen LogP contribution in [0, 0.1) is 11.6 Å². The number of hydrogen-bond acceptors (Lipinski definition) is 6. The van der Waals surface area contributed by atoms with Crippen molar-refractivity contribution < 1.29 is 8.78 Å². The number of rotatable bonds is 0. The first kappa shape index (κ1) is 12.5. The van der Waals surface area contributed by atoms with Gasteiger partial charge in [-0.15, -0.1) is 0 Å². The second-order valence-electron chi connectivity index (χ2n) is 3.93. The summed E-state index contributed by atoms with van der Waals surface area (Å²) < 4.78 is 44.6. The molecule has 0 aliphatic rings. The average Bonchev–Trinajstić information content (AvgIpc) is 3.08. The molecule has 0 bridgehead atoms. The summed E-state index contributed by atoms with van der Waals surface area (Å²) in [6.45, 7) is 0. The topological polar surface area (TPSA) is 51.6 Å². The first-order valence-electron chi connectivity index (χ1n) is 5.13. The van der Waals surface area contributed by atoms with E-state index in [1.165, 1.54) is 0 Å². The average molecular weight is 349 g/mol. The largest absolute Gasteiger partial charge is 0.204 e. The van der Waals surface area contributed by atoms with Gasteiger partial charge in [-0.1, -0.05) is 23.2 Å². The number of halogens is 4. The van der Waals surface area contributed by atoms with Crippen molar-refractivity contribution in [1.29, 1.82) is 0 Å². The highest BCUT2D eigenvalue weighted by molar-refractivity contribution is 7.00. The summed E-state index contributed by atoms with van der Waals surface area (Å²) in [4.78, 5) is 0. The Morgan fingerprint density at radius 1 is 0.650 bits per heavy atom. The van der Waals surface area contributed by atoms with E-state index in [9.17, 15) is 8.78 Å². The number of aromatic nitrogens is 4. The maximum absolute atomic E-state index is 14.5. The molecule has 20 heavy (non-hydrogen) atoms. The molecule has 0 fully saturated rings. The van der Waals surface area contributed by atoms with E-state index < -0.39 is 11.6 Å². The molecule has 0 spiro atoms. The molecule has 0 amide bonds. The van der Waals surface area contributed by atoms with Gasteiger partial charge in [0.2, 0.25) is 0 Å². The van der Waals surface area contributed by atoms with Crippen molar-refractivity contribution in [2.24, 2.45) is 0 Å². The van der Waals surface area contributed by atoms with Crippen molar-refractivity contribution in [3.05, 3.63) is 21.7 Å². The van der Waals surface area contributed by atoms with Gasteiger partial charge in [-0.2, -0.15) is 17.5 Å². The Morgan fingerprint density at radius 2 is 1.00 bits per heavy atom. The van der Waals surface area contributed by atoms with E-state index >= 15 is 0 Å². The molecule has 0 saturated carbocycles. The van der Waals surface area contributed by atoms with Gasteiger partial charge in [-0.3, -0.25) is 0 Å². The lowest BCUT2D eigenvalue weighted by atomic mass is 10.1. The van der Waals surface area contributed by atoms with Crippen molar-refractivity contribution in [2.75, 3.05) is 0 Å². The van der Waals surface area contributed by atoms with Crippen LogP contribution in [0.5, 0.6) is 0 Å². The van der Waals surface area contributed by atoms with Crippen molar-refractivity contribution in [1.82, 2.24) is 17.5 Å². The summed E-state index contributed by atoms with van der Waals surface area (Å²) in [6, 6.07) is 0. The summed E-state index contributed by atoms with van der Waals surface area (Å²) >= 11 is 13.5. The van der Waals surface area contributed by atoms with Crippen LogP contribution in [-0.4, -0.2) is 17.5 Å². The fourth-order valence-corrected chi connectivity index (χ4v) is 3.76. The van der Waals surface area contributed by atoms with E-state index in [4.69, 9.17) is 23.2 Å². The minimum absolute atomic E-state index is 0.0687. The van der Waals surface area contributed by atoms with Crippen molar-refractivity contribution in [3.8, 4) is 0 Å². The number of fused-ring (bicyclic) bond motifs is 5. The van der Waals surface area contributed by atoms with Crippen LogP contribution in [0.2, 0.25) is 10.0 Å². The first-order valence-corrected chi connectivity index (χ1v) is 7.35. The third kappa shape index (κ3) is 1.39. The van der Waals surface area contributed by atoms with Crippen LogP contribution in [0.3, 0.4) is 0 Å². The second-order valence-corrected chi connectivity index (χ2v) is 5.74. The Hall–Kier alpha value is -1.22. The minimum atomic E-state index is -0.796. The fourth-order valence-electron chi connectivity index (χ4n) is 2.08. The molecule has 0 radical (unpaired) electrons. The van der Waals surface area contributed by atoms with Crippen molar-refractivity contribution in [3.63, 3.8) is 0 Å². The van der Waals surface area contributed by atoms with Gasteiger partial charge in [0, 0.05) is 0 Å². The number of benzene rings is 2. The van der Waals surface area contributed by atoms with Crippen LogP contribution < -0.4 is 0 Å². The quantitative estimate of drug-likeness (QED) is 0.471. The summed E-state index contributed by atoms with van der Waals surface area (Å²) in [6.07, 6.45) is 0. The van der Waals surface area contributed by atoms with Crippen LogP contribution in [0.25, 0.3) is 32.8 Å². The highest BCUT2D eigenvalue weighted by atomic mass is 35.5. The highest BCUT2D eigenvalue weighted by Crippen LogP contribution is 2.41. The third-order valence-corrected chi connectivity index (χ3v) is 4.69. The van der Waals surface area contributed by atoms with Crippen LogP contribution in [-0.2, 0) is 0 Å². The van der Waals surface area contributed by atoms with E-state index in [0.29, 0.717) is 0 Å². The molecule has 4 nitrogen and oxygen atoms in total. The standard InChI is InChI=1S/C10Cl2F2N4S2/c11-3-5(13)1-2(8-10(3)18-20-16-8)6(14)4(12)9-7(1)15-19-17-9. The Bertz CT molecular complexity index is 931. The van der Waals surface area contributed by atoms with Gasteiger partial charge in [-0.25, -0.2) is 8.78 Å². The summed E-state index contributed by atoms with van der Waals surface area (Å²) in [5.41, 5.74) is 0.565. The van der Waals surface area contributed by atoms with E-state index in [1.54, 1.807) is 0 Å². The molecule has 0 atom stereocenters. The molecular weight excluding hydrogens is 349 g/mol. The van der Waals surface area contributed by atoms with Crippen LogP contribution in [0.1, 0.15) is 0 Å². The zero-order valence-corrected chi connectivity index (χ0v) is 12.3. The van der Waals surface area contributed by atoms with Crippen LogP contribution >= 0.6 is 46.7 Å². The Morgan fingerprint density at radius 3 is 1.40 bits per heavy atom. The van der Waals surface area contributed by atoms with E-state index in [-0.39, 0.29) is 42.9 Å². The lowest BCUT2D eigenvalue weighted by Gasteiger charge is -2.06. The maximum atomic E-state index is 14.5. The Kier molecular flexibility index (Phi) is 2.59. The normalized spacial score (nSPS) is 12.0. The second kappa shape index (κ2) is 4.14. The summed E-state index contributed by atoms with van der Waals surface area (Å²) in [7, 11) is 0. The molecule has 2 heterocycles. The number of hydrogen-bond donors (Lipinski definition) is 0. The lowest BCUT2D eigenvalue weighted by molar-refractivity contribution is 0.632. The molecule has 2 aromatic heterocycles. The lowest BCUT2D eigenvalue weighted by Crippen LogP contribution is -1.92. The van der Waals surface area contributed by atoms with Crippen molar-refractivity contribution >= 4 is 79.5 Å². The van der Waals surface area contributed by atoms with Crippen LogP contribution in [0.4, 0.5) is 8.78 Å². The Balaban J connectivity index is 2.49. The monoisotopic (exact) mass is 348 g/mol. The van der Waals surface area contributed by atoms with Gasteiger partial charge in [0.1, 0.15) is 32.1 Å². The van der Waals surface area contributed by atoms with Gasteiger partial charge in [0.15, 0.2) is 11.6 Å². The molecule has 0 aliphatic heterocycles. The van der Waals surface area contributed by atoms with E-state index in [0.717, 1.165) is 23.5 Å². The fraction of sp³-hybridized carbons (Fsp3) is 0. The molecule has 0 unspecified atom stereocenters. The highest BCUT2D eigenvalue weighted by Gasteiger charge is 2.25.